The number of rotatable bonds is 2. The minimum Gasteiger partial charge on any atom is -0.507 e. The molecule has 0 bridgehead atoms. The van der Waals surface area contributed by atoms with Crippen LogP contribution in [0.2, 0.25) is 0 Å². The minimum atomic E-state index is -0.0284. The molecule has 4 nitrogen and oxygen atoms in total. The van der Waals surface area contributed by atoms with Crippen molar-refractivity contribution in [3.63, 3.8) is 0 Å². The standard InChI is InChI=1S/C15H20N2O2/c1-2-13-12-8-16-7-10(12)9-17(13)15(19)11-5-3-4-6-14(11)18/h3-6,10,12-13,16,18H,2,7-9H2,1H3. The number of aromatic hydroxyl groups is 1. The van der Waals surface area contributed by atoms with E-state index in [1.807, 2.05) is 4.90 Å². The van der Waals surface area contributed by atoms with E-state index >= 15 is 0 Å². The number of hydrogen-bond donors (Lipinski definition) is 2. The highest BCUT2D eigenvalue weighted by atomic mass is 16.3. The molecule has 3 atom stereocenters. The van der Waals surface area contributed by atoms with Crippen LogP contribution >= 0.6 is 0 Å². The molecule has 2 fully saturated rings. The third-order valence-electron chi connectivity index (χ3n) is 4.53. The largest absolute Gasteiger partial charge is 0.507 e. The van der Waals surface area contributed by atoms with Gasteiger partial charge in [-0.3, -0.25) is 4.79 Å². The quantitative estimate of drug-likeness (QED) is 0.846. The van der Waals surface area contributed by atoms with E-state index in [4.69, 9.17) is 0 Å². The van der Waals surface area contributed by atoms with Crippen molar-refractivity contribution in [1.29, 1.82) is 0 Å². The van der Waals surface area contributed by atoms with Crippen LogP contribution < -0.4 is 5.32 Å². The number of likely N-dealkylation sites (tertiary alicyclic amines) is 1. The number of para-hydroxylation sites is 1. The van der Waals surface area contributed by atoms with E-state index in [-0.39, 0.29) is 11.7 Å². The van der Waals surface area contributed by atoms with Crippen LogP contribution in [0.1, 0.15) is 23.7 Å². The van der Waals surface area contributed by atoms with Gasteiger partial charge in [0.05, 0.1) is 5.56 Å². The monoisotopic (exact) mass is 260 g/mol. The van der Waals surface area contributed by atoms with Crippen molar-refractivity contribution < 1.29 is 9.90 Å². The molecule has 0 radical (unpaired) electrons. The number of nitrogens with one attached hydrogen (secondary N) is 1. The third-order valence-corrected chi connectivity index (χ3v) is 4.53. The van der Waals surface area contributed by atoms with Crippen LogP contribution in [-0.4, -0.2) is 41.6 Å². The Labute approximate surface area is 113 Å². The van der Waals surface area contributed by atoms with E-state index in [9.17, 15) is 9.90 Å². The average Bonchev–Trinajstić information content (AvgIpc) is 2.98. The molecule has 19 heavy (non-hydrogen) atoms. The van der Waals surface area contributed by atoms with Crippen molar-refractivity contribution in [3.8, 4) is 5.75 Å². The third kappa shape index (κ3) is 2.00. The van der Waals surface area contributed by atoms with Gasteiger partial charge in [-0.2, -0.15) is 0 Å². The molecule has 2 N–H and O–H groups in total. The van der Waals surface area contributed by atoms with Crippen LogP contribution in [0.3, 0.4) is 0 Å². The number of carbonyl (C=O) groups excluding carboxylic acids is 1. The van der Waals surface area contributed by atoms with E-state index in [1.54, 1.807) is 24.3 Å². The predicted octanol–water partition coefficient (Wildman–Crippen LogP) is 1.46. The van der Waals surface area contributed by atoms with Crippen LogP contribution in [0.5, 0.6) is 5.75 Å². The highest BCUT2D eigenvalue weighted by molar-refractivity contribution is 5.97. The van der Waals surface area contributed by atoms with Gasteiger partial charge in [0.15, 0.2) is 0 Å². The van der Waals surface area contributed by atoms with Crippen LogP contribution in [-0.2, 0) is 0 Å². The highest BCUT2D eigenvalue weighted by Crippen LogP contribution is 2.35. The first-order valence-corrected chi connectivity index (χ1v) is 7.02. The number of amides is 1. The molecule has 0 spiro atoms. The first-order valence-electron chi connectivity index (χ1n) is 7.02. The molecule has 1 aromatic rings. The van der Waals surface area contributed by atoms with Gasteiger partial charge >= 0.3 is 0 Å². The number of fused-ring (bicyclic) bond motifs is 1. The van der Waals surface area contributed by atoms with Gasteiger partial charge in [0.1, 0.15) is 5.75 Å². The zero-order valence-corrected chi connectivity index (χ0v) is 11.2. The Balaban J connectivity index is 1.86. The summed E-state index contributed by atoms with van der Waals surface area (Å²) in [6, 6.07) is 7.12. The highest BCUT2D eigenvalue weighted by Gasteiger charge is 2.45. The summed E-state index contributed by atoms with van der Waals surface area (Å²) < 4.78 is 0. The Hall–Kier alpha value is -1.55. The summed E-state index contributed by atoms with van der Waals surface area (Å²) in [5, 5.41) is 13.3. The fourth-order valence-electron chi connectivity index (χ4n) is 3.59. The maximum atomic E-state index is 12.6. The Bertz CT molecular complexity index is 489. The van der Waals surface area contributed by atoms with Crippen molar-refractivity contribution in [3.05, 3.63) is 29.8 Å². The predicted molar refractivity (Wildman–Crippen MR) is 73.1 cm³/mol. The summed E-state index contributed by atoms with van der Waals surface area (Å²) in [6.07, 6.45) is 0.974. The second-order valence-electron chi connectivity index (χ2n) is 5.53. The number of carbonyl (C=O) groups is 1. The first kappa shape index (κ1) is 12.5. The van der Waals surface area contributed by atoms with E-state index in [2.05, 4.69) is 12.2 Å². The number of benzene rings is 1. The molecule has 2 heterocycles. The van der Waals surface area contributed by atoms with Gasteiger partial charge in [0.25, 0.3) is 5.91 Å². The second kappa shape index (κ2) is 4.85. The molecule has 1 aromatic carbocycles. The average molecular weight is 260 g/mol. The maximum absolute atomic E-state index is 12.6. The van der Waals surface area contributed by atoms with E-state index in [0.29, 0.717) is 23.4 Å². The molecular weight excluding hydrogens is 240 g/mol. The Morgan fingerprint density at radius 3 is 2.95 bits per heavy atom. The van der Waals surface area contributed by atoms with Crippen LogP contribution in [0, 0.1) is 11.8 Å². The molecule has 1 amide bonds. The van der Waals surface area contributed by atoms with Gasteiger partial charge in [-0.25, -0.2) is 0 Å². The molecule has 3 rings (SSSR count). The lowest BCUT2D eigenvalue weighted by atomic mass is 9.93. The Morgan fingerprint density at radius 1 is 1.42 bits per heavy atom. The summed E-state index contributed by atoms with van der Waals surface area (Å²) in [5.41, 5.74) is 0.425. The van der Waals surface area contributed by atoms with Crippen molar-refractivity contribution in [2.45, 2.75) is 19.4 Å². The number of nitrogens with zero attached hydrogens (tertiary/aromatic N) is 1. The normalized spacial score (nSPS) is 29.5. The van der Waals surface area contributed by atoms with E-state index in [1.165, 1.54) is 0 Å². The maximum Gasteiger partial charge on any atom is 0.257 e. The van der Waals surface area contributed by atoms with Crippen LogP contribution in [0.15, 0.2) is 24.3 Å². The molecule has 4 heteroatoms. The summed E-state index contributed by atoms with van der Waals surface area (Å²) in [5.74, 6) is 1.19. The topological polar surface area (TPSA) is 52.6 Å². The number of phenolic OH excluding ortho intramolecular Hbond substituents is 1. The van der Waals surface area contributed by atoms with Gasteiger partial charge in [-0.15, -0.1) is 0 Å². The lowest BCUT2D eigenvalue weighted by molar-refractivity contribution is 0.0708. The molecule has 3 unspecified atom stereocenters. The minimum absolute atomic E-state index is 0.0284. The lowest BCUT2D eigenvalue weighted by Crippen LogP contribution is -2.39. The first-order chi connectivity index (χ1) is 9.22. The zero-order valence-electron chi connectivity index (χ0n) is 11.2. The second-order valence-corrected chi connectivity index (χ2v) is 5.53. The van der Waals surface area contributed by atoms with Gasteiger partial charge in [0.2, 0.25) is 0 Å². The Morgan fingerprint density at radius 2 is 2.21 bits per heavy atom. The van der Waals surface area contributed by atoms with Crippen molar-refractivity contribution >= 4 is 5.91 Å². The number of phenols is 1. The summed E-state index contributed by atoms with van der Waals surface area (Å²) in [4.78, 5) is 14.6. The van der Waals surface area contributed by atoms with Gasteiger partial charge < -0.3 is 15.3 Å². The van der Waals surface area contributed by atoms with Crippen LogP contribution in [0.25, 0.3) is 0 Å². The molecule has 0 aromatic heterocycles. The molecule has 2 aliphatic heterocycles. The molecule has 0 aliphatic carbocycles. The summed E-state index contributed by atoms with van der Waals surface area (Å²) >= 11 is 0. The Kier molecular flexibility index (Phi) is 3.19. The lowest BCUT2D eigenvalue weighted by Gasteiger charge is -2.27. The fraction of sp³-hybridized carbons (Fsp3) is 0.533. The fourth-order valence-corrected chi connectivity index (χ4v) is 3.59. The van der Waals surface area contributed by atoms with Gasteiger partial charge in [-0.1, -0.05) is 19.1 Å². The smallest absolute Gasteiger partial charge is 0.257 e. The van der Waals surface area contributed by atoms with Crippen molar-refractivity contribution in [1.82, 2.24) is 10.2 Å². The SMILES string of the molecule is CCC1C2CNCC2CN1C(=O)c1ccccc1O. The van der Waals surface area contributed by atoms with Crippen molar-refractivity contribution in [2.24, 2.45) is 11.8 Å². The number of hydrogen-bond acceptors (Lipinski definition) is 3. The summed E-state index contributed by atoms with van der Waals surface area (Å²) in [7, 11) is 0. The van der Waals surface area contributed by atoms with E-state index < -0.39 is 0 Å². The molecule has 2 aliphatic rings. The zero-order chi connectivity index (χ0) is 13.4. The van der Waals surface area contributed by atoms with E-state index in [0.717, 1.165) is 26.1 Å². The molecule has 102 valence electrons. The molecule has 0 saturated carbocycles. The summed E-state index contributed by atoms with van der Waals surface area (Å²) in [6.45, 7) is 4.96. The van der Waals surface area contributed by atoms with Crippen LogP contribution in [0.4, 0.5) is 0 Å². The molecular formula is C15H20N2O2. The molecule has 2 saturated heterocycles. The van der Waals surface area contributed by atoms with Gasteiger partial charge in [-0.05, 0) is 30.4 Å². The van der Waals surface area contributed by atoms with Gasteiger partial charge in [0, 0.05) is 25.7 Å². The van der Waals surface area contributed by atoms with Crippen molar-refractivity contribution in [2.75, 3.05) is 19.6 Å².